The topological polar surface area (TPSA) is 61.4 Å². The number of benzene rings is 18. The first kappa shape index (κ1) is 66.9. The van der Waals surface area contributed by atoms with Crippen molar-refractivity contribution in [3.63, 3.8) is 0 Å². The molecule has 0 fully saturated rings. The molecular formula is C108H70N6. The second-order valence-electron chi connectivity index (χ2n) is 29.3. The third kappa shape index (κ3) is 12.5. The molecule has 0 spiro atoms. The van der Waals surface area contributed by atoms with Gasteiger partial charge in [-0.15, -0.1) is 0 Å². The Morgan fingerprint density at radius 2 is 0.430 bits per heavy atom. The summed E-state index contributed by atoms with van der Waals surface area (Å²) in [6.07, 6.45) is 0. The molecule has 4 aromatic heterocycles. The molecule has 0 bridgehead atoms. The molecule has 0 unspecified atom stereocenters. The summed E-state index contributed by atoms with van der Waals surface area (Å²) in [5.41, 5.74) is 26.4. The summed E-state index contributed by atoms with van der Waals surface area (Å²) in [6, 6.07) is 152. The van der Waals surface area contributed by atoms with E-state index in [9.17, 15) is 0 Å². The maximum atomic E-state index is 5.08. The van der Waals surface area contributed by atoms with Crippen LogP contribution in [0.25, 0.3) is 210 Å². The van der Waals surface area contributed by atoms with Crippen LogP contribution in [0.4, 0.5) is 0 Å². The van der Waals surface area contributed by atoms with Gasteiger partial charge >= 0.3 is 0 Å². The average molecular weight is 1450 g/mol. The van der Waals surface area contributed by atoms with Crippen LogP contribution < -0.4 is 0 Å². The lowest BCUT2D eigenvalue weighted by atomic mass is 9.95. The molecule has 6 heteroatoms. The predicted molar refractivity (Wildman–Crippen MR) is 477 cm³/mol. The maximum Gasteiger partial charge on any atom is 0.160 e. The Balaban J connectivity index is 0.000000143. The molecule has 0 atom stereocenters. The molecule has 18 aromatic carbocycles. The second kappa shape index (κ2) is 28.6. The van der Waals surface area contributed by atoms with Gasteiger partial charge in [0.1, 0.15) is 0 Å². The average Bonchev–Trinajstić information content (AvgIpc) is 1.57. The van der Waals surface area contributed by atoms with Crippen molar-refractivity contribution in [2.75, 3.05) is 0 Å². The number of fused-ring (bicyclic) bond motifs is 12. The van der Waals surface area contributed by atoms with Gasteiger partial charge in [0, 0.05) is 66.3 Å². The van der Waals surface area contributed by atoms with Crippen LogP contribution in [0, 0.1) is 0 Å². The van der Waals surface area contributed by atoms with Gasteiger partial charge in [0.15, 0.2) is 11.6 Å². The first-order valence-corrected chi connectivity index (χ1v) is 38.8. The summed E-state index contributed by atoms with van der Waals surface area (Å²) in [5.74, 6) is 1.40. The molecule has 0 N–H and O–H groups in total. The lowest BCUT2D eigenvalue weighted by Gasteiger charge is -2.12. The van der Waals surface area contributed by atoms with Gasteiger partial charge in [-0.3, -0.25) is 0 Å². The van der Waals surface area contributed by atoms with Crippen molar-refractivity contribution in [1.82, 2.24) is 29.1 Å². The van der Waals surface area contributed by atoms with E-state index < -0.39 is 0 Å². The van der Waals surface area contributed by atoms with E-state index in [-0.39, 0.29) is 0 Å². The van der Waals surface area contributed by atoms with E-state index in [4.69, 9.17) is 19.9 Å². The summed E-state index contributed by atoms with van der Waals surface area (Å²) < 4.78 is 4.77. The lowest BCUT2D eigenvalue weighted by molar-refractivity contribution is 1.16. The fraction of sp³-hybridized carbons (Fsp3) is 0. The van der Waals surface area contributed by atoms with E-state index >= 15 is 0 Å². The summed E-state index contributed by atoms with van der Waals surface area (Å²) in [7, 11) is 0. The highest BCUT2D eigenvalue weighted by atomic mass is 15.0. The zero-order valence-corrected chi connectivity index (χ0v) is 62.1. The van der Waals surface area contributed by atoms with E-state index in [1.807, 2.05) is 48.5 Å². The van der Waals surface area contributed by atoms with Gasteiger partial charge in [-0.1, -0.05) is 303 Å². The number of rotatable bonds is 12. The van der Waals surface area contributed by atoms with E-state index in [0.29, 0.717) is 11.6 Å². The van der Waals surface area contributed by atoms with Crippen molar-refractivity contribution in [3.8, 4) is 124 Å². The Morgan fingerprint density at radius 3 is 0.816 bits per heavy atom. The van der Waals surface area contributed by atoms with Crippen LogP contribution in [0.1, 0.15) is 0 Å². The van der Waals surface area contributed by atoms with Crippen LogP contribution in [0.5, 0.6) is 0 Å². The van der Waals surface area contributed by atoms with Crippen molar-refractivity contribution >= 4 is 86.7 Å². The zero-order chi connectivity index (χ0) is 75.4. The Kier molecular flexibility index (Phi) is 16.8. The molecule has 22 rings (SSSR count). The molecule has 22 aromatic rings. The van der Waals surface area contributed by atoms with E-state index in [1.165, 1.54) is 131 Å². The highest BCUT2D eigenvalue weighted by Crippen LogP contribution is 2.43. The predicted octanol–water partition coefficient (Wildman–Crippen LogP) is 28.4. The standard InChI is InChI=1S/2C54H35N3/c1-4-12-36(13-5-1)42-23-20-37-21-24-43(33-45(37)32-42)44-25-22-38-28-31-52-53(48(38)34-44)47-18-10-11-19-51(47)57(52)46-29-26-41(27-30-46)54-55-49(39-14-6-2-7-15-39)35-50(56-54)40-16-8-3-9-17-40;1-4-12-36(13-5-1)41-22-20-37-21-23-42(34-45(37)33-41)43-26-30-47-44(32-43)27-31-52-53(47)48-18-10-11-19-51(48)57(52)46-28-24-40(25-29-46)54-55-49(38-14-6-2-7-15-38)35-50(56-54)39-16-8-3-9-17-39/h2*1-35H. The highest BCUT2D eigenvalue weighted by Gasteiger charge is 2.21. The van der Waals surface area contributed by atoms with Gasteiger partial charge in [-0.2, -0.15) is 0 Å². The summed E-state index contributed by atoms with van der Waals surface area (Å²) >= 11 is 0. The van der Waals surface area contributed by atoms with Gasteiger partial charge < -0.3 is 9.13 Å². The Morgan fingerprint density at radius 1 is 0.149 bits per heavy atom. The van der Waals surface area contributed by atoms with Crippen LogP contribution in [0.3, 0.4) is 0 Å². The van der Waals surface area contributed by atoms with E-state index in [1.54, 1.807) is 0 Å². The normalized spacial score (nSPS) is 11.5. The fourth-order valence-corrected chi connectivity index (χ4v) is 16.7. The molecule has 0 saturated carbocycles. The Bertz CT molecular complexity index is 7290. The minimum absolute atomic E-state index is 0.701. The molecule has 0 amide bonds. The van der Waals surface area contributed by atoms with Gasteiger partial charge in [0.05, 0.1) is 44.8 Å². The van der Waals surface area contributed by atoms with E-state index in [2.05, 4.69) is 385 Å². The minimum Gasteiger partial charge on any atom is -0.309 e. The molecule has 4 heterocycles. The largest absolute Gasteiger partial charge is 0.309 e. The van der Waals surface area contributed by atoms with Crippen molar-refractivity contribution in [3.05, 3.63) is 425 Å². The molecule has 0 aliphatic rings. The number of aromatic nitrogens is 6. The number of hydrogen-bond donors (Lipinski definition) is 0. The minimum atomic E-state index is 0.701. The van der Waals surface area contributed by atoms with Crippen LogP contribution in [-0.4, -0.2) is 29.1 Å². The number of hydrogen-bond acceptors (Lipinski definition) is 4. The first-order chi connectivity index (χ1) is 56.5. The van der Waals surface area contributed by atoms with Gasteiger partial charge in [0.2, 0.25) is 0 Å². The summed E-state index contributed by atoms with van der Waals surface area (Å²) in [4.78, 5) is 20.3. The highest BCUT2D eigenvalue weighted by molar-refractivity contribution is 6.23. The van der Waals surface area contributed by atoms with Gasteiger partial charge in [-0.25, -0.2) is 19.9 Å². The molecule has 0 radical (unpaired) electrons. The molecule has 114 heavy (non-hydrogen) atoms. The van der Waals surface area contributed by atoms with Gasteiger partial charge in [0.25, 0.3) is 0 Å². The van der Waals surface area contributed by atoms with Crippen molar-refractivity contribution in [2.45, 2.75) is 0 Å². The third-order valence-electron chi connectivity index (χ3n) is 22.4. The maximum absolute atomic E-state index is 5.08. The molecule has 6 nitrogen and oxygen atoms in total. The monoisotopic (exact) mass is 1450 g/mol. The molecular weight excluding hydrogens is 1380 g/mol. The quantitative estimate of drug-likeness (QED) is 0.122. The van der Waals surface area contributed by atoms with Crippen LogP contribution >= 0.6 is 0 Å². The number of nitrogens with zero attached hydrogens (tertiary/aromatic N) is 6. The molecule has 532 valence electrons. The molecule has 0 aliphatic carbocycles. The first-order valence-electron chi connectivity index (χ1n) is 38.8. The Labute approximate surface area is 659 Å². The molecule has 0 saturated heterocycles. The van der Waals surface area contributed by atoms with Crippen molar-refractivity contribution < 1.29 is 0 Å². The van der Waals surface area contributed by atoms with Gasteiger partial charge in [-0.05, 0) is 209 Å². The number of para-hydroxylation sites is 2. The van der Waals surface area contributed by atoms with Crippen molar-refractivity contribution in [2.24, 2.45) is 0 Å². The van der Waals surface area contributed by atoms with Crippen LogP contribution in [0.2, 0.25) is 0 Å². The van der Waals surface area contributed by atoms with E-state index in [0.717, 1.165) is 67.5 Å². The zero-order valence-electron chi connectivity index (χ0n) is 62.1. The summed E-state index contributed by atoms with van der Waals surface area (Å²) in [5, 5.41) is 14.9. The Hall–Kier alpha value is -15.2. The molecule has 0 aliphatic heterocycles. The third-order valence-corrected chi connectivity index (χ3v) is 22.4. The van der Waals surface area contributed by atoms with Crippen LogP contribution in [0.15, 0.2) is 425 Å². The summed E-state index contributed by atoms with van der Waals surface area (Å²) in [6.45, 7) is 0. The second-order valence-corrected chi connectivity index (χ2v) is 29.3. The van der Waals surface area contributed by atoms with Crippen LogP contribution in [-0.2, 0) is 0 Å². The van der Waals surface area contributed by atoms with Crippen molar-refractivity contribution in [1.29, 1.82) is 0 Å². The SMILES string of the molecule is c1ccc(-c2ccc3ccc(-c4ccc5c(ccc6c5c5ccccc5n6-c5ccc(-c6nc(-c7ccccc7)cc(-c7ccccc7)n6)cc5)c4)cc3c2)cc1.c1ccc(-c2ccc3ccc(-c4ccc5ccc6c(c5c4)c4ccccc4n6-c4ccc(-c5nc(-c6ccccc6)cc(-c6ccccc6)n5)cc4)cc3c2)cc1. The smallest absolute Gasteiger partial charge is 0.160 e. The fourth-order valence-electron chi connectivity index (χ4n) is 16.7. The lowest BCUT2D eigenvalue weighted by Crippen LogP contribution is -1.97.